The highest BCUT2D eigenvalue weighted by Gasteiger charge is 2.19. The molecule has 1 heterocycles. The van der Waals surface area contributed by atoms with Gasteiger partial charge in [-0.3, -0.25) is 4.57 Å². The Morgan fingerprint density at radius 2 is 1.43 bits per heavy atom. The summed E-state index contributed by atoms with van der Waals surface area (Å²) in [6.45, 7) is 3.40. The van der Waals surface area contributed by atoms with E-state index >= 15 is 0 Å². The van der Waals surface area contributed by atoms with Gasteiger partial charge in [-0.1, -0.05) is 90.4 Å². The van der Waals surface area contributed by atoms with E-state index in [0.29, 0.717) is 17.6 Å². The van der Waals surface area contributed by atoms with Crippen LogP contribution in [-0.4, -0.2) is 69.9 Å². The van der Waals surface area contributed by atoms with Crippen molar-refractivity contribution in [3.8, 4) is 5.88 Å². The van der Waals surface area contributed by atoms with Gasteiger partial charge in [-0.2, -0.15) is 0 Å². The van der Waals surface area contributed by atoms with E-state index in [1.165, 1.54) is 83.3 Å². The fourth-order valence-electron chi connectivity index (χ4n) is 3.80. The van der Waals surface area contributed by atoms with Crippen molar-refractivity contribution in [2.75, 3.05) is 54.1 Å². The van der Waals surface area contributed by atoms with Crippen LogP contribution >= 0.6 is 7.82 Å². The number of quaternary nitrogens is 1. The molecule has 1 aromatic heterocycles. The number of likely N-dealkylation sites (N-methyl/N-ethyl adjacent to an activating group) is 1. The van der Waals surface area contributed by atoms with Crippen LogP contribution in [0, 0.1) is 0 Å². The summed E-state index contributed by atoms with van der Waals surface area (Å²) in [7, 11) is 1.43. The fraction of sp³-hybridized carbons (Fsp3) is 0.889. The molecule has 0 aliphatic heterocycles. The maximum absolute atomic E-state index is 12.1. The zero-order valence-electron chi connectivity index (χ0n) is 23.9. The van der Waals surface area contributed by atoms with Gasteiger partial charge in [-0.15, -0.1) is 0 Å². The van der Waals surface area contributed by atoms with E-state index in [2.05, 4.69) is 12.1 Å². The summed E-state index contributed by atoms with van der Waals surface area (Å²) < 4.78 is 38.9. The Bertz CT molecular complexity index is 683. The van der Waals surface area contributed by atoms with Crippen molar-refractivity contribution < 1.29 is 37.0 Å². The minimum Gasteiger partial charge on any atom is -0.756 e. The van der Waals surface area contributed by atoms with Crippen molar-refractivity contribution in [2.45, 2.75) is 103 Å². The van der Waals surface area contributed by atoms with Gasteiger partial charge in [-0.25, -0.2) is 0 Å². The van der Waals surface area contributed by atoms with Crippen LogP contribution in [0.25, 0.3) is 0 Å². The molecule has 0 saturated heterocycles. The zero-order chi connectivity index (χ0) is 27.2. The van der Waals surface area contributed by atoms with Gasteiger partial charge in [0.15, 0.2) is 0 Å². The predicted octanol–water partition coefficient (Wildman–Crippen LogP) is 6.13. The summed E-state index contributed by atoms with van der Waals surface area (Å²) in [6.07, 6.45) is 19.0. The standard InChI is InChI=1S/C27H53N2O7P/c1-5-6-7-8-9-10-11-12-13-14-15-16-17-18-21-32-24-26(36-27-19-22-33-28-27)25-35-37(30,31)34-23-20-29(2,3)4/h19,22,26H,5-18,20-21,23-25H2,1-4H3/t26-/m0/s1. The largest absolute Gasteiger partial charge is 0.756 e. The first-order chi connectivity index (χ1) is 17.7. The second-order valence-electron chi connectivity index (χ2n) is 10.8. The van der Waals surface area contributed by atoms with Crippen molar-refractivity contribution in [2.24, 2.45) is 0 Å². The molecule has 0 fully saturated rings. The van der Waals surface area contributed by atoms with Crippen LogP contribution in [0.15, 0.2) is 16.9 Å². The van der Waals surface area contributed by atoms with Crippen molar-refractivity contribution in [1.29, 1.82) is 0 Å². The maximum atomic E-state index is 12.1. The number of rotatable bonds is 26. The third kappa shape index (κ3) is 21.6. The predicted molar refractivity (Wildman–Crippen MR) is 144 cm³/mol. The van der Waals surface area contributed by atoms with E-state index in [0.717, 1.165) is 12.8 Å². The molecule has 0 bridgehead atoms. The van der Waals surface area contributed by atoms with Crippen LogP contribution in [0.4, 0.5) is 0 Å². The van der Waals surface area contributed by atoms with E-state index in [4.69, 9.17) is 23.0 Å². The molecule has 10 heteroatoms. The van der Waals surface area contributed by atoms with E-state index in [1.807, 2.05) is 21.1 Å². The molecule has 0 aliphatic carbocycles. The summed E-state index contributed by atoms with van der Waals surface area (Å²) in [5.41, 5.74) is 0. The third-order valence-electron chi connectivity index (χ3n) is 6.08. The molecule has 0 radical (unpaired) electrons. The fourth-order valence-corrected chi connectivity index (χ4v) is 4.53. The molecule has 0 amide bonds. The molecule has 1 aromatic rings. The van der Waals surface area contributed by atoms with Crippen LogP contribution in [0.2, 0.25) is 0 Å². The molecular formula is C27H53N2O7P. The normalized spacial score (nSPS) is 14.5. The molecule has 9 nitrogen and oxygen atoms in total. The Hall–Kier alpha value is -0.960. The van der Waals surface area contributed by atoms with E-state index in [1.54, 1.807) is 6.07 Å². The highest BCUT2D eigenvalue weighted by molar-refractivity contribution is 7.45. The number of phosphoric acid groups is 1. The summed E-state index contributed by atoms with van der Waals surface area (Å²) >= 11 is 0. The molecule has 0 aromatic carbocycles. The number of hydrogen-bond donors (Lipinski definition) is 0. The number of hydrogen-bond acceptors (Lipinski definition) is 8. The van der Waals surface area contributed by atoms with Gasteiger partial charge in [0.25, 0.3) is 13.7 Å². The first kappa shape index (κ1) is 34.1. The lowest BCUT2D eigenvalue weighted by Gasteiger charge is -2.28. The van der Waals surface area contributed by atoms with E-state index in [-0.39, 0.29) is 25.7 Å². The van der Waals surface area contributed by atoms with Crippen molar-refractivity contribution in [3.05, 3.63) is 12.3 Å². The molecule has 218 valence electrons. The summed E-state index contributed by atoms with van der Waals surface area (Å²) in [5.74, 6) is 0.250. The SMILES string of the molecule is CCCCCCCCCCCCCCCCOC[C@@H](COP(=O)([O-])OCC[N+](C)(C)C)Oc1ccon1. The van der Waals surface area contributed by atoms with Crippen molar-refractivity contribution in [3.63, 3.8) is 0 Å². The van der Waals surface area contributed by atoms with Crippen molar-refractivity contribution in [1.82, 2.24) is 5.16 Å². The lowest BCUT2D eigenvalue weighted by Crippen LogP contribution is -2.37. The molecule has 37 heavy (non-hydrogen) atoms. The molecular weight excluding hydrogens is 495 g/mol. The van der Waals surface area contributed by atoms with Gasteiger partial charge in [0.05, 0.1) is 34.4 Å². The number of unbranched alkanes of at least 4 members (excludes halogenated alkanes) is 13. The summed E-state index contributed by atoms with van der Waals surface area (Å²) in [4.78, 5) is 12.1. The van der Waals surface area contributed by atoms with Gasteiger partial charge < -0.3 is 32.4 Å². The highest BCUT2D eigenvalue weighted by Crippen LogP contribution is 2.38. The third-order valence-corrected chi connectivity index (χ3v) is 7.04. The smallest absolute Gasteiger partial charge is 0.268 e. The Labute approximate surface area is 225 Å². The van der Waals surface area contributed by atoms with Crippen LogP contribution < -0.4 is 9.63 Å². The van der Waals surface area contributed by atoms with Gasteiger partial charge in [-0.05, 0) is 11.6 Å². The van der Waals surface area contributed by atoms with Gasteiger partial charge >= 0.3 is 0 Å². The molecule has 1 unspecified atom stereocenters. The first-order valence-corrected chi connectivity index (χ1v) is 15.7. The van der Waals surface area contributed by atoms with Gasteiger partial charge in [0.1, 0.15) is 25.5 Å². The average molecular weight is 549 g/mol. The topological polar surface area (TPSA) is 103 Å². The Kier molecular flexibility index (Phi) is 19.3. The Morgan fingerprint density at radius 1 is 0.865 bits per heavy atom. The quantitative estimate of drug-likeness (QED) is 0.0774. The Morgan fingerprint density at radius 3 is 1.95 bits per heavy atom. The number of phosphoric ester groups is 1. The second-order valence-corrected chi connectivity index (χ2v) is 12.2. The van der Waals surface area contributed by atoms with Crippen LogP contribution in [-0.2, 0) is 18.3 Å². The van der Waals surface area contributed by atoms with E-state index in [9.17, 15) is 9.46 Å². The monoisotopic (exact) mass is 548 g/mol. The zero-order valence-corrected chi connectivity index (χ0v) is 24.8. The number of aromatic nitrogens is 1. The lowest BCUT2D eigenvalue weighted by atomic mass is 10.0. The Balaban J connectivity index is 2.12. The maximum Gasteiger partial charge on any atom is 0.268 e. The van der Waals surface area contributed by atoms with Crippen molar-refractivity contribution >= 4 is 7.82 Å². The lowest BCUT2D eigenvalue weighted by molar-refractivity contribution is -0.870. The van der Waals surface area contributed by atoms with Crippen LogP contribution in [0.3, 0.4) is 0 Å². The number of nitrogens with zero attached hydrogens (tertiary/aromatic N) is 2. The summed E-state index contributed by atoms with van der Waals surface area (Å²) in [6, 6.07) is 1.55. The highest BCUT2D eigenvalue weighted by atomic mass is 31.2. The summed E-state index contributed by atoms with van der Waals surface area (Å²) in [5, 5.41) is 3.71. The molecule has 1 rings (SSSR count). The first-order valence-electron chi connectivity index (χ1n) is 14.3. The second kappa shape index (κ2) is 20.9. The molecule has 0 saturated carbocycles. The molecule has 0 spiro atoms. The van der Waals surface area contributed by atoms with Crippen LogP contribution in [0.1, 0.15) is 96.8 Å². The van der Waals surface area contributed by atoms with Gasteiger partial charge in [0.2, 0.25) is 0 Å². The average Bonchev–Trinajstić information content (AvgIpc) is 3.34. The molecule has 0 aliphatic rings. The van der Waals surface area contributed by atoms with Gasteiger partial charge in [0, 0.05) is 12.7 Å². The number of ether oxygens (including phenoxy) is 2. The minimum atomic E-state index is -4.44. The molecule has 0 N–H and O–H groups in total. The van der Waals surface area contributed by atoms with Crippen LogP contribution in [0.5, 0.6) is 5.88 Å². The minimum absolute atomic E-state index is 0.0503. The molecule has 2 atom stereocenters. The van der Waals surface area contributed by atoms with E-state index < -0.39 is 13.9 Å².